The van der Waals surface area contributed by atoms with Gasteiger partial charge in [-0.15, -0.1) is 0 Å². The molecule has 2 fully saturated rings. The third-order valence-corrected chi connectivity index (χ3v) is 6.10. The lowest BCUT2D eigenvalue weighted by Crippen LogP contribution is -2.69. The van der Waals surface area contributed by atoms with Gasteiger partial charge in [-0.1, -0.05) is 49.4 Å². The molecule has 2 saturated heterocycles. The molecule has 1 spiro atoms. The fourth-order valence-electron chi connectivity index (χ4n) is 4.05. The molecule has 5 nitrogen and oxygen atoms in total. The van der Waals surface area contributed by atoms with Crippen LogP contribution in [0, 0.1) is 6.92 Å². The van der Waals surface area contributed by atoms with E-state index < -0.39 is 30.0 Å². The second-order valence-electron chi connectivity index (χ2n) is 8.05. The summed E-state index contributed by atoms with van der Waals surface area (Å²) in [6, 6.07) is 14.6. The fourth-order valence-corrected chi connectivity index (χ4v) is 4.05. The molecule has 150 valence electrons. The van der Waals surface area contributed by atoms with Crippen LogP contribution in [-0.2, 0) is 22.3 Å². The predicted octanol–water partition coefficient (Wildman–Crippen LogP) is 2.07. The monoisotopic (exact) mass is 384 g/mol. The maximum atomic E-state index is 10.5. The van der Waals surface area contributed by atoms with Crippen molar-refractivity contribution in [3.8, 4) is 0 Å². The molecule has 0 radical (unpaired) electrons. The van der Waals surface area contributed by atoms with Crippen molar-refractivity contribution in [1.82, 2.24) is 0 Å². The van der Waals surface area contributed by atoms with Crippen LogP contribution in [0.2, 0.25) is 0 Å². The molecule has 0 aliphatic carbocycles. The van der Waals surface area contributed by atoms with Crippen LogP contribution in [0.3, 0.4) is 0 Å². The zero-order valence-corrected chi connectivity index (χ0v) is 16.3. The van der Waals surface area contributed by atoms with Crippen LogP contribution >= 0.6 is 0 Å². The number of aliphatic hydroxyl groups excluding tert-OH is 3. The molecule has 4 atom stereocenters. The normalized spacial score (nSPS) is 28.9. The third-order valence-electron chi connectivity index (χ3n) is 6.10. The number of hydrogen-bond donors (Lipinski definition) is 3. The maximum absolute atomic E-state index is 10.5. The fraction of sp³-hybridized carbons (Fsp3) is 0.478. The molecule has 2 aliphatic rings. The summed E-state index contributed by atoms with van der Waals surface area (Å²) in [6.07, 6.45) is -2.52. The van der Waals surface area contributed by atoms with Crippen LogP contribution in [-0.4, -0.2) is 52.4 Å². The van der Waals surface area contributed by atoms with E-state index in [9.17, 15) is 15.3 Å². The smallest absolute Gasteiger partial charge is 0.144 e. The second-order valence-corrected chi connectivity index (χ2v) is 8.05. The summed E-state index contributed by atoms with van der Waals surface area (Å²) < 4.78 is 11.3. The molecule has 5 heteroatoms. The first-order valence-electron chi connectivity index (χ1n) is 9.90. The van der Waals surface area contributed by atoms with E-state index in [0.717, 1.165) is 29.5 Å². The number of aryl methyl sites for hydroxylation is 2. The molecule has 2 aromatic rings. The molecular weight excluding hydrogens is 356 g/mol. The molecule has 0 bridgehead atoms. The van der Waals surface area contributed by atoms with Crippen molar-refractivity contribution in [2.75, 3.05) is 13.2 Å². The minimum Gasteiger partial charge on any atom is -0.387 e. The Hall–Kier alpha value is -1.76. The van der Waals surface area contributed by atoms with Crippen molar-refractivity contribution in [3.05, 3.63) is 70.3 Å². The SMILES string of the molecule is CCc1ccc(Cc2cc([C@@H]3OC4(COC4)[C@@H](O)[C@H](O)[C@H]3O)ccc2C)cc1. The second kappa shape index (κ2) is 7.58. The van der Waals surface area contributed by atoms with Crippen LogP contribution in [0.4, 0.5) is 0 Å². The van der Waals surface area contributed by atoms with Gasteiger partial charge in [0.2, 0.25) is 0 Å². The van der Waals surface area contributed by atoms with Crippen LogP contribution in [0.25, 0.3) is 0 Å². The molecule has 4 rings (SSSR count). The highest BCUT2D eigenvalue weighted by Crippen LogP contribution is 2.42. The molecule has 0 amide bonds. The van der Waals surface area contributed by atoms with E-state index in [0.29, 0.717) is 0 Å². The zero-order valence-electron chi connectivity index (χ0n) is 16.3. The van der Waals surface area contributed by atoms with Gasteiger partial charge < -0.3 is 24.8 Å². The Kier molecular flexibility index (Phi) is 5.29. The van der Waals surface area contributed by atoms with Crippen molar-refractivity contribution in [3.63, 3.8) is 0 Å². The lowest BCUT2D eigenvalue weighted by atomic mass is 9.81. The average Bonchev–Trinajstić information content (AvgIpc) is 2.68. The van der Waals surface area contributed by atoms with Gasteiger partial charge >= 0.3 is 0 Å². The molecule has 0 unspecified atom stereocenters. The Balaban J connectivity index is 1.60. The number of hydrogen-bond acceptors (Lipinski definition) is 5. The Morgan fingerprint density at radius 2 is 1.64 bits per heavy atom. The first kappa shape index (κ1) is 19.6. The lowest BCUT2D eigenvalue weighted by Gasteiger charge is -2.53. The minimum atomic E-state index is -1.27. The topological polar surface area (TPSA) is 79.2 Å². The molecule has 3 N–H and O–H groups in total. The Labute approximate surface area is 165 Å². The molecule has 28 heavy (non-hydrogen) atoms. The summed E-state index contributed by atoms with van der Waals surface area (Å²) in [6.45, 7) is 4.65. The number of ether oxygens (including phenoxy) is 2. The van der Waals surface area contributed by atoms with E-state index >= 15 is 0 Å². The molecule has 2 heterocycles. The minimum absolute atomic E-state index is 0.219. The van der Waals surface area contributed by atoms with Crippen molar-refractivity contribution in [2.45, 2.75) is 56.7 Å². The van der Waals surface area contributed by atoms with Gasteiger partial charge in [0.05, 0.1) is 13.2 Å². The molecule has 2 aliphatic heterocycles. The Morgan fingerprint density at radius 3 is 2.25 bits per heavy atom. The lowest BCUT2D eigenvalue weighted by molar-refractivity contribution is -0.335. The third kappa shape index (κ3) is 3.38. The van der Waals surface area contributed by atoms with Gasteiger partial charge in [0.1, 0.15) is 30.0 Å². The summed E-state index contributed by atoms with van der Waals surface area (Å²) in [5.41, 5.74) is 4.71. The average molecular weight is 384 g/mol. The van der Waals surface area contributed by atoms with Gasteiger partial charge in [0.15, 0.2) is 0 Å². The van der Waals surface area contributed by atoms with Gasteiger partial charge in [-0.2, -0.15) is 0 Å². The largest absolute Gasteiger partial charge is 0.387 e. The van der Waals surface area contributed by atoms with Crippen molar-refractivity contribution < 1.29 is 24.8 Å². The Morgan fingerprint density at radius 1 is 0.964 bits per heavy atom. The van der Waals surface area contributed by atoms with Gasteiger partial charge in [-0.3, -0.25) is 0 Å². The van der Waals surface area contributed by atoms with Crippen molar-refractivity contribution >= 4 is 0 Å². The van der Waals surface area contributed by atoms with Crippen LogP contribution in [0.15, 0.2) is 42.5 Å². The Bertz CT molecular complexity index is 827. The maximum Gasteiger partial charge on any atom is 0.144 e. The molecular formula is C23H28O5. The van der Waals surface area contributed by atoms with Crippen LogP contribution < -0.4 is 0 Å². The van der Waals surface area contributed by atoms with E-state index in [-0.39, 0.29) is 13.2 Å². The standard InChI is InChI=1S/C23H28O5/c1-3-15-5-7-16(8-6-15)10-18-11-17(9-4-14(18)2)21-19(24)20(25)22(26)23(28-21)12-27-13-23/h4-9,11,19-22,24-26H,3,10,12-13H2,1-2H3/t19-,20-,21+,22+/m1/s1. The summed E-state index contributed by atoms with van der Waals surface area (Å²) in [5, 5.41) is 31.2. The van der Waals surface area contributed by atoms with E-state index in [1.54, 1.807) is 0 Å². The van der Waals surface area contributed by atoms with Gasteiger partial charge in [0.25, 0.3) is 0 Å². The predicted molar refractivity (Wildman–Crippen MR) is 105 cm³/mol. The summed E-state index contributed by atoms with van der Waals surface area (Å²) in [4.78, 5) is 0. The highest BCUT2D eigenvalue weighted by molar-refractivity contribution is 5.37. The van der Waals surface area contributed by atoms with Gasteiger partial charge in [-0.05, 0) is 47.6 Å². The molecule has 2 aromatic carbocycles. The summed E-state index contributed by atoms with van der Waals surface area (Å²) in [5.74, 6) is 0. The van der Waals surface area contributed by atoms with E-state index in [1.807, 2.05) is 18.2 Å². The summed E-state index contributed by atoms with van der Waals surface area (Å²) in [7, 11) is 0. The van der Waals surface area contributed by atoms with E-state index in [4.69, 9.17) is 9.47 Å². The van der Waals surface area contributed by atoms with E-state index in [2.05, 4.69) is 38.1 Å². The van der Waals surface area contributed by atoms with Crippen molar-refractivity contribution in [1.29, 1.82) is 0 Å². The highest BCUT2D eigenvalue weighted by atomic mass is 16.6. The van der Waals surface area contributed by atoms with Crippen molar-refractivity contribution in [2.24, 2.45) is 0 Å². The summed E-state index contributed by atoms with van der Waals surface area (Å²) >= 11 is 0. The number of benzene rings is 2. The van der Waals surface area contributed by atoms with Gasteiger partial charge in [0, 0.05) is 0 Å². The van der Waals surface area contributed by atoms with Crippen LogP contribution in [0.1, 0.15) is 40.8 Å². The number of rotatable bonds is 4. The van der Waals surface area contributed by atoms with Crippen LogP contribution in [0.5, 0.6) is 0 Å². The first-order chi connectivity index (χ1) is 13.4. The quantitative estimate of drug-likeness (QED) is 0.752. The molecule has 0 saturated carbocycles. The number of aliphatic hydroxyl groups is 3. The molecule has 0 aromatic heterocycles. The van der Waals surface area contributed by atoms with E-state index in [1.165, 1.54) is 11.1 Å². The van der Waals surface area contributed by atoms with Gasteiger partial charge in [-0.25, -0.2) is 0 Å². The zero-order chi connectivity index (χ0) is 19.9. The first-order valence-corrected chi connectivity index (χ1v) is 9.90. The highest BCUT2D eigenvalue weighted by Gasteiger charge is 2.57.